The van der Waals surface area contributed by atoms with Crippen LogP contribution < -0.4 is 5.32 Å². The Balaban J connectivity index is 2.23. The van der Waals surface area contributed by atoms with E-state index in [1.807, 2.05) is 6.92 Å². The van der Waals surface area contributed by atoms with Crippen LogP contribution >= 0.6 is 0 Å². The minimum Gasteiger partial charge on any atom is -0.396 e. The molecule has 0 aromatic heterocycles. The van der Waals surface area contributed by atoms with Crippen molar-refractivity contribution in [2.75, 3.05) is 6.61 Å². The molecule has 3 nitrogen and oxygen atoms in total. The molecule has 1 atom stereocenters. The number of hydrogen-bond acceptors (Lipinski definition) is 2. The van der Waals surface area contributed by atoms with Gasteiger partial charge in [0.15, 0.2) is 0 Å². The third-order valence-corrected chi connectivity index (χ3v) is 2.68. The summed E-state index contributed by atoms with van der Waals surface area (Å²) in [6, 6.07) is 0.109. The molecule has 1 fully saturated rings. The highest BCUT2D eigenvalue weighted by molar-refractivity contribution is 5.79. The van der Waals surface area contributed by atoms with Gasteiger partial charge in [0.2, 0.25) is 5.91 Å². The molecule has 0 saturated heterocycles. The molecule has 0 aromatic rings. The number of hydrogen-bond donors (Lipinski definition) is 2. The van der Waals surface area contributed by atoms with Crippen LogP contribution in [0, 0.1) is 5.92 Å². The molecule has 2 N–H and O–H groups in total. The predicted octanol–water partition coefficient (Wildman–Crippen LogP) is 1.06. The minimum atomic E-state index is 0.109. The Morgan fingerprint density at radius 1 is 1.54 bits per heavy atom. The van der Waals surface area contributed by atoms with E-state index in [-0.39, 0.29) is 24.5 Å². The Morgan fingerprint density at radius 3 is 2.69 bits per heavy atom. The highest BCUT2D eigenvalue weighted by Gasteiger charge is 2.23. The molecule has 1 unspecified atom stereocenters. The molecule has 1 aliphatic carbocycles. The third-order valence-electron chi connectivity index (χ3n) is 2.68. The summed E-state index contributed by atoms with van der Waals surface area (Å²) in [6.45, 7) is 2.08. The van der Waals surface area contributed by atoms with Crippen LogP contribution in [-0.4, -0.2) is 23.7 Å². The zero-order valence-corrected chi connectivity index (χ0v) is 8.25. The second-order valence-corrected chi connectivity index (χ2v) is 3.90. The Kier molecular flexibility index (Phi) is 4.22. The molecular formula is C10H19NO2. The van der Waals surface area contributed by atoms with E-state index in [4.69, 9.17) is 5.11 Å². The van der Waals surface area contributed by atoms with Crippen LogP contribution in [0.2, 0.25) is 0 Å². The van der Waals surface area contributed by atoms with Gasteiger partial charge >= 0.3 is 0 Å². The fourth-order valence-corrected chi connectivity index (χ4v) is 1.81. The molecule has 0 radical (unpaired) electrons. The molecule has 0 aromatic carbocycles. The SMILES string of the molecule is CC(CCO)NC(=O)C1CCCC1. The van der Waals surface area contributed by atoms with E-state index in [2.05, 4.69) is 5.32 Å². The Bertz CT molecular complexity index is 164. The molecular weight excluding hydrogens is 166 g/mol. The van der Waals surface area contributed by atoms with Crippen molar-refractivity contribution in [2.45, 2.75) is 45.1 Å². The molecule has 0 spiro atoms. The van der Waals surface area contributed by atoms with Gasteiger partial charge in [-0.15, -0.1) is 0 Å². The Labute approximate surface area is 79.5 Å². The maximum Gasteiger partial charge on any atom is 0.223 e. The topological polar surface area (TPSA) is 49.3 Å². The van der Waals surface area contributed by atoms with Gasteiger partial charge in [-0.05, 0) is 26.2 Å². The molecule has 1 aliphatic rings. The molecule has 0 aliphatic heterocycles. The first kappa shape index (κ1) is 10.5. The van der Waals surface area contributed by atoms with E-state index in [1.54, 1.807) is 0 Å². The van der Waals surface area contributed by atoms with Crippen molar-refractivity contribution in [1.29, 1.82) is 0 Å². The largest absolute Gasteiger partial charge is 0.396 e. The number of nitrogens with one attached hydrogen (secondary N) is 1. The molecule has 76 valence electrons. The maximum atomic E-state index is 11.5. The van der Waals surface area contributed by atoms with E-state index in [0.29, 0.717) is 6.42 Å². The van der Waals surface area contributed by atoms with E-state index in [1.165, 1.54) is 12.8 Å². The molecule has 3 heteroatoms. The lowest BCUT2D eigenvalue weighted by Gasteiger charge is -2.15. The zero-order chi connectivity index (χ0) is 9.68. The zero-order valence-electron chi connectivity index (χ0n) is 8.25. The molecule has 1 rings (SSSR count). The highest BCUT2D eigenvalue weighted by Crippen LogP contribution is 2.24. The fourth-order valence-electron chi connectivity index (χ4n) is 1.81. The summed E-state index contributed by atoms with van der Waals surface area (Å²) in [6.07, 6.45) is 5.10. The van der Waals surface area contributed by atoms with Crippen molar-refractivity contribution >= 4 is 5.91 Å². The maximum absolute atomic E-state index is 11.5. The van der Waals surface area contributed by atoms with E-state index in [9.17, 15) is 4.79 Å². The lowest BCUT2D eigenvalue weighted by atomic mass is 10.1. The molecule has 1 amide bonds. The van der Waals surface area contributed by atoms with Crippen LogP contribution in [0.3, 0.4) is 0 Å². The molecule has 0 bridgehead atoms. The summed E-state index contributed by atoms with van der Waals surface area (Å²) < 4.78 is 0. The van der Waals surface area contributed by atoms with Crippen LogP contribution in [0.25, 0.3) is 0 Å². The van der Waals surface area contributed by atoms with Crippen molar-refractivity contribution in [2.24, 2.45) is 5.92 Å². The van der Waals surface area contributed by atoms with Crippen molar-refractivity contribution in [3.05, 3.63) is 0 Å². The molecule has 0 heterocycles. The monoisotopic (exact) mass is 185 g/mol. The van der Waals surface area contributed by atoms with Crippen molar-refractivity contribution in [1.82, 2.24) is 5.32 Å². The number of amides is 1. The number of aliphatic hydroxyl groups excluding tert-OH is 1. The van der Waals surface area contributed by atoms with Crippen molar-refractivity contribution in [3.8, 4) is 0 Å². The smallest absolute Gasteiger partial charge is 0.223 e. The fraction of sp³-hybridized carbons (Fsp3) is 0.900. The lowest BCUT2D eigenvalue weighted by molar-refractivity contribution is -0.125. The Hall–Kier alpha value is -0.570. The number of carbonyl (C=O) groups excluding carboxylic acids is 1. The highest BCUT2D eigenvalue weighted by atomic mass is 16.3. The average Bonchev–Trinajstić information content (AvgIpc) is 2.55. The summed E-state index contributed by atoms with van der Waals surface area (Å²) in [5, 5.41) is 11.6. The summed E-state index contributed by atoms with van der Waals surface area (Å²) in [5.41, 5.74) is 0. The first-order valence-corrected chi connectivity index (χ1v) is 5.15. The van der Waals surface area contributed by atoms with Gasteiger partial charge in [0.25, 0.3) is 0 Å². The van der Waals surface area contributed by atoms with E-state index < -0.39 is 0 Å². The van der Waals surface area contributed by atoms with Crippen LogP contribution in [-0.2, 0) is 4.79 Å². The van der Waals surface area contributed by atoms with Crippen LogP contribution in [0.15, 0.2) is 0 Å². The summed E-state index contributed by atoms with van der Waals surface area (Å²) in [5.74, 6) is 0.416. The number of carbonyl (C=O) groups is 1. The third kappa shape index (κ3) is 3.35. The standard InChI is InChI=1S/C10H19NO2/c1-8(6-7-12)11-10(13)9-4-2-3-5-9/h8-9,12H,2-7H2,1H3,(H,11,13). The molecule has 1 saturated carbocycles. The Morgan fingerprint density at radius 2 is 2.15 bits per heavy atom. The van der Waals surface area contributed by atoms with Crippen molar-refractivity contribution < 1.29 is 9.90 Å². The molecule has 13 heavy (non-hydrogen) atoms. The van der Waals surface area contributed by atoms with Crippen LogP contribution in [0.5, 0.6) is 0 Å². The first-order valence-electron chi connectivity index (χ1n) is 5.15. The second-order valence-electron chi connectivity index (χ2n) is 3.90. The van der Waals surface area contributed by atoms with Gasteiger partial charge < -0.3 is 10.4 Å². The summed E-state index contributed by atoms with van der Waals surface area (Å²) in [7, 11) is 0. The van der Waals surface area contributed by atoms with Gasteiger partial charge in [-0.25, -0.2) is 0 Å². The van der Waals surface area contributed by atoms with Gasteiger partial charge in [0.05, 0.1) is 0 Å². The van der Waals surface area contributed by atoms with Gasteiger partial charge in [-0.2, -0.15) is 0 Å². The normalized spacial score (nSPS) is 20.2. The summed E-state index contributed by atoms with van der Waals surface area (Å²) in [4.78, 5) is 11.5. The van der Waals surface area contributed by atoms with Crippen LogP contribution in [0.4, 0.5) is 0 Å². The van der Waals surface area contributed by atoms with Gasteiger partial charge in [-0.1, -0.05) is 12.8 Å². The van der Waals surface area contributed by atoms with Gasteiger partial charge in [-0.3, -0.25) is 4.79 Å². The summed E-state index contributed by atoms with van der Waals surface area (Å²) >= 11 is 0. The first-order chi connectivity index (χ1) is 6.24. The minimum absolute atomic E-state index is 0.109. The van der Waals surface area contributed by atoms with Gasteiger partial charge in [0.1, 0.15) is 0 Å². The lowest BCUT2D eigenvalue weighted by Crippen LogP contribution is -2.36. The quantitative estimate of drug-likeness (QED) is 0.688. The second kappa shape index (κ2) is 5.22. The number of rotatable bonds is 4. The van der Waals surface area contributed by atoms with E-state index >= 15 is 0 Å². The van der Waals surface area contributed by atoms with Gasteiger partial charge in [0, 0.05) is 18.6 Å². The van der Waals surface area contributed by atoms with E-state index in [0.717, 1.165) is 12.8 Å². The average molecular weight is 185 g/mol. The van der Waals surface area contributed by atoms with Crippen molar-refractivity contribution in [3.63, 3.8) is 0 Å². The predicted molar refractivity (Wildman–Crippen MR) is 51.3 cm³/mol. The number of aliphatic hydroxyl groups is 1. The van der Waals surface area contributed by atoms with Crippen LogP contribution in [0.1, 0.15) is 39.0 Å².